The number of sulfonamides is 1. The lowest BCUT2D eigenvalue weighted by Gasteiger charge is -2.07. The van der Waals surface area contributed by atoms with Crippen molar-refractivity contribution >= 4 is 10.0 Å². The van der Waals surface area contributed by atoms with E-state index in [0.29, 0.717) is 0 Å². The molecule has 7 heteroatoms. The van der Waals surface area contributed by atoms with Crippen LogP contribution >= 0.6 is 0 Å². The molecule has 0 atom stereocenters. The maximum absolute atomic E-state index is 13.4. The van der Waals surface area contributed by atoms with Crippen LogP contribution in [0.4, 0.5) is 4.39 Å². The first-order chi connectivity index (χ1) is 7.98. The summed E-state index contributed by atoms with van der Waals surface area (Å²) in [6.07, 6.45) is 0. The van der Waals surface area contributed by atoms with Crippen molar-refractivity contribution in [3.63, 3.8) is 0 Å². The molecule has 0 amide bonds. The Bertz CT molecular complexity index is 537. The van der Waals surface area contributed by atoms with Crippen molar-refractivity contribution in [2.75, 3.05) is 13.7 Å². The van der Waals surface area contributed by atoms with Crippen molar-refractivity contribution < 1.29 is 12.8 Å². The Kier molecular flexibility index (Phi) is 4.57. The molecule has 2 N–H and O–H groups in total. The molecule has 0 aromatic heterocycles. The lowest BCUT2D eigenvalue weighted by Crippen LogP contribution is -2.32. The van der Waals surface area contributed by atoms with Gasteiger partial charge in [-0.1, -0.05) is 6.07 Å². The lowest BCUT2D eigenvalue weighted by molar-refractivity contribution is 0.570. The minimum atomic E-state index is -3.57. The van der Waals surface area contributed by atoms with Gasteiger partial charge in [0.25, 0.3) is 0 Å². The van der Waals surface area contributed by atoms with E-state index in [2.05, 4.69) is 10.0 Å². The summed E-state index contributed by atoms with van der Waals surface area (Å²) in [5, 5.41) is 11.2. The summed E-state index contributed by atoms with van der Waals surface area (Å²) in [6, 6.07) is 5.47. The summed E-state index contributed by atoms with van der Waals surface area (Å²) in [4.78, 5) is 0. The zero-order valence-corrected chi connectivity index (χ0v) is 10.0. The number of rotatable bonds is 5. The van der Waals surface area contributed by atoms with E-state index in [9.17, 15) is 12.8 Å². The van der Waals surface area contributed by atoms with Crippen molar-refractivity contribution in [1.82, 2.24) is 10.0 Å². The molecule has 17 heavy (non-hydrogen) atoms. The van der Waals surface area contributed by atoms with Crippen LogP contribution in [0, 0.1) is 17.1 Å². The van der Waals surface area contributed by atoms with Crippen molar-refractivity contribution in [2.45, 2.75) is 5.75 Å². The second-order valence-electron chi connectivity index (χ2n) is 3.35. The number of hydrogen-bond donors (Lipinski definition) is 2. The number of hydrogen-bond acceptors (Lipinski definition) is 4. The molecule has 0 saturated heterocycles. The van der Waals surface area contributed by atoms with Gasteiger partial charge in [-0.2, -0.15) is 5.26 Å². The first kappa shape index (κ1) is 13.6. The molecule has 0 aliphatic heterocycles. The Morgan fingerprint density at radius 3 is 2.71 bits per heavy atom. The molecule has 0 spiro atoms. The molecule has 1 aromatic rings. The smallest absolute Gasteiger partial charge is 0.217 e. The molecule has 92 valence electrons. The number of nitrogens with one attached hydrogen (secondary N) is 2. The highest BCUT2D eigenvalue weighted by Crippen LogP contribution is 2.12. The predicted octanol–water partition coefficient (Wildman–Crippen LogP) is 0.294. The Balaban J connectivity index is 2.86. The minimum Gasteiger partial charge on any atom is -0.307 e. The molecule has 0 heterocycles. The fourth-order valence-electron chi connectivity index (χ4n) is 1.17. The Morgan fingerprint density at radius 1 is 1.47 bits per heavy atom. The summed E-state index contributed by atoms with van der Waals surface area (Å²) in [6.45, 7) is 0.0836. The van der Waals surface area contributed by atoms with Crippen LogP contribution in [0.2, 0.25) is 0 Å². The fourth-order valence-corrected chi connectivity index (χ4v) is 2.28. The number of halogens is 1. The monoisotopic (exact) mass is 257 g/mol. The zero-order valence-electron chi connectivity index (χ0n) is 9.20. The standard InChI is InChI=1S/C10H12FN3O2S/c1-13-7-14-17(15,16)6-9-3-2-8(5-12)4-10(9)11/h2-4,13-14H,6-7H2,1H3. The summed E-state index contributed by atoms with van der Waals surface area (Å²) in [7, 11) is -1.99. The molecular formula is C10H12FN3O2S. The van der Waals surface area contributed by atoms with E-state index in [1.165, 1.54) is 12.1 Å². The Hall–Kier alpha value is -1.49. The molecule has 0 aliphatic carbocycles. The van der Waals surface area contributed by atoms with Crippen molar-refractivity contribution in [1.29, 1.82) is 5.26 Å². The SMILES string of the molecule is CNCNS(=O)(=O)Cc1ccc(C#N)cc1F. The largest absolute Gasteiger partial charge is 0.307 e. The first-order valence-corrected chi connectivity index (χ1v) is 6.44. The third-order valence-corrected chi connectivity index (χ3v) is 3.27. The maximum atomic E-state index is 13.4. The van der Waals surface area contributed by atoms with Gasteiger partial charge >= 0.3 is 0 Å². The van der Waals surface area contributed by atoms with Gasteiger partial charge in [0, 0.05) is 5.56 Å². The lowest BCUT2D eigenvalue weighted by atomic mass is 10.1. The molecular weight excluding hydrogens is 245 g/mol. The third kappa shape index (κ3) is 4.11. The number of nitriles is 1. The van der Waals surface area contributed by atoms with Gasteiger partial charge in [0.1, 0.15) is 5.82 Å². The molecule has 1 rings (SSSR count). The van der Waals surface area contributed by atoms with Gasteiger partial charge in [0.2, 0.25) is 10.0 Å². The first-order valence-electron chi connectivity index (χ1n) is 4.79. The topological polar surface area (TPSA) is 82.0 Å². The van der Waals surface area contributed by atoms with E-state index in [1.54, 1.807) is 13.1 Å². The van der Waals surface area contributed by atoms with Gasteiger partial charge in [-0.3, -0.25) is 0 Å². The summed E-state index contributed by atoms with van der Waals surface area (Å²) >= 11 is 0. The zero-order chi connectivity index (χ0) is 12.9. The van der Waals surface area contributed by atoms with E-state index in [1.807, 2.05) is 0 Å². The molecule has 0 bridgehead atoms. The second kappa shape index (κ2) is 5.72. The molecule has 0 unspecified atom stereocenters. The second-order valence-corrected chi connectivity index (χ2v) is 5.16. The van der Waals surface area contributed by atoms with Crippen molar-refractivity contribution in [3.8, 4) is 6.07 Å². The summed E-state index contributed by atoms with van der Waals surface area (Å²) < 4.78 is 38.6. The van der Waals surface area contributed by atoms with Crippen LogP contribution in [-0.4, -0.2) is 22.1 Å². The molecule has 0 fully saturated rings. The van der Waals surface area contributed by atoms with Crippen LogP contribution < -0.4 is 10.0 Å². The van der Waals surface area contributed by atoms with Crippen LogP contribution in [0.25, 0.3) is 0 Å². The normalized spacial score (nSPS) is 11.1. The highest BCUT2D eigenvalue weighted by atomic mass is 32.2. The highest BCUT2D eigenvalue weighted by Gasteiger charge is 2.14. The van der Waals surface area contributed by atoms with Crippen molar-refractivity contribution in [2.24, 2.45) is 0 Å². The maximum Gasteiger partial charge on any atom is 0.217 e. The highest BCUT2D eigenvalue weighted by molar-refractivity contribution is 7.88. The van der Waals surface area contributed by atoms with E-state index in [0.717, 1.165) is 6.07 Å². The molecule has 0 saturated carbocycles. The quantitative estimate of drug-likeness (QED) is 0.743. The predicted molar refractivity (Wildman–Crippen MR) is 60.8 cm³/mol. The Labute approximate surface area is 99.3 Å². The number of benzene rings is 1. The van der Waals surface area contributed by atoms with Crippen LogP contribution in [0.5, 0.6) is 0 Å². The van der Waals surface area contributed by atoms with Gasteiger partial charge in [-0.25, -0.2) is 17.5 Å². The Morgan fingerprint density at radius 2 is 2.18 bits per heavy atom. The fraction of sp³-hybridized carbons (Fsp3) is 0.300. The summed E-state index contributed by atoms with van der Waals surface area (Å²) in [5.74, 6) is -1.15. The average molecular weight is 257 g/mol. The van der Waals surface area contributed by atoms with Crippen LogP contribution in [0.15, 0.2) is 18.2 Å². The van der Waals surface area contributed by atoms with Crippen LogP contribution in [0.3, 0.4) is 0 Å². The number of nitrogens with zero attached hydrogens (tertiary/aromatic N) is 1. The van der Waals surface area contributed by atoms with Crippen LogP contribution in [-0.2, 0) is 15.8 Å². The van der Waals surface area contributed by atoms with Crippen LogP contribution in [0.1, 0.15) is 11.1 Å². The van der Waals surface area contributed by atoms with Gasteiger partial charge in [0.05, 0.1) is 24.1 Å². The van der Waals surface area contributed by atoms with Gasteiger partial charge in [-0.15, -0.1) is 0 Å². The van der Waals surface area contributed by atoms with Gasteiger partial charge < -0.3 is 5.32 Å². The minimum absolute atomic E-state index is 0.0348. The third-order valence-electron chi connectivity index (χ3n) is 2.00. The average Bonchev–Trinajstić information content (AvgIpc) is 2.29. The van der Waals surface area contributed by atoms with Crippen molar-refractivity contribution in [3.05, 3.63) is 35.1 Å². The van der Waals surface area contributed by atoms with E-state index < -0.39 is 21.6 Å². The molecule has 5 nitrogen and oxygen atoms in total. The summed E-state index contributed by atoms with van der Waals surface area (Å²) in [5.41, 5.74) is 0.194. The molecule has 0 aliphatic rings. The molecule has 0 radical (unpaired) electrons. The van der Waals surface area contributed by atoms with E-state index in [-0.39, 0.29) is 17.8 Å². The van der Waals surface area contributed by atoms with Gasteiger partial charge in [0.15, 0.2) is 0 Å². The van der Waals surface area contributed by atoms with Gasteiger partial charge in [-0.05, 0) is 19.2 Å². The molecule has 1 aromatic carbocycles. The van der Waals surface area contributed by atoms with E-state index >= 15 is 0 Å². The van der Waals surface area contributed by atoms with E-state index in [4.69, 9.17) is 5.26 Å².